The lowest BCUT2D eigenvalue weighted by Gasteiger charge is -2.34. The molecule has 1 saturated heterocycles. The van der Waals surface area contributed by atoms with E-state index in [9.17, 15) is 4.39 Å². The Bertz CT molecular complexity index is 904. The molecule has 0 aliphatic carbocycles. The molecule has 1 unspecified atom stereocenters. The molecule has 6 heteroatoms. The Hall–Kier alpha value is -2.50. The van der Waals surface area contributed by atoms with Crippen LogP contribution in [0.3, 0.4) is 0 Å². The summed E-state index contributed by atoms with van der Waals surface area (Å²) in [6.07, 6.45) is 5.33. The first-order chi connectivity index (χ1) is 12.6. The number of nitrogens with one attached hydrogen (secondary N) is 1. The number of piperidine rings is 1. The highest BCUT2D eigenvalue weighted by atomic mass is 19.1. The topological polar surface area (TPSA) is 57.7 Å². The predicted octanol–water partition coefficient (Wildman–Crippen LogP) is 4.42. The number of hydrogen-bond donors (Lipinski definition) is 1. The van der Waals surface area contributed by atoms with Gasteiger partial charge in [0.05, 0.1) is 0 Å². The Kier molecular flexibility index (Phi) is 4.57. The van der Waals surface area contributed by atoms with Crippen LogP contribution in [0.1, 0.15) is 33.1 Å². The normalized spacial score (nSPS) is 18.0. The standard InChI is InChI=1S/C20H24FN5/c1-13(2)11-14-5-4-10-26(12-14)17-8-7-16(21)19(23-17)18-15-6-3-9-22-20(15)25-24-18/h3,6-9,13-14H,4-5,10-12H2,1-2H3,(H,22,24,25). The second kappa shape index (κ2) is 7.02. The average Bonchev–Trinajstić information content (AvgIpc) is 3.06. The summed E-state index contributed by atoms with van der Waals surface area (Å²) in [5, 5.41) is 7.90. The van der Waals surface area contributed by atoms with Crippen molar-refractivity contribution in [2.75, 3.05) is 18.0 Å². The van der Waals surface area contributed by atoms with Crippen LogP contribution in [0.15, 0.2) is 30.5 Å². The maximum Gasteiger partial charge on any atom is 0.155 e. The number of pyridine rings is 2. The van der Waals surface area contributed by atoms with Crippen LogP contribution in [0.5, 0.6) is 0 Å². The van der Waals surface area contributed by atoms with Gasteiger partial charge in [0, 0.05) is 24.7 Å². The van der Waals surface area contributed by atoms with Crippen molar-refractivity contribution >= 4 is 16.9 Å². The Morgan fingerprint density at radius 2 is 2.15 bits per heavy atom. The molecular formula is C20H24FN5. The summed E-state index contributed by atoms with van der Waals surface area (Å²) >= 11 is 0. The number of rotatable bonds is 4. The molecule has 1 aliphatic heterocycles. The van der Waals surface area contributed by atoms with Crippen molar-refractivity contribution in [1.82, 2.24) is 20.2 Å². The van der Waals surface area contributed by atoms with Gasteiger partial charge < -0.3 is 4.90 Å². The Balaban J connectivity index is 1.66. The molecule has 3 aromatic heterocycles. The molecular weight excluding hydrogens is 329 g/mol. The van der Waals surface area contributed by atoms with Crippen molar-refractivity contribution in [3.8, 4) is 11.4 Å². The summed E-state index contributed by atoms with van der Waals surface area (Å²) in [4.78, 5) is 11.2. The number of aromatic amines is 1. The van der Waals surface area contributed by atoms with E-state index >= 15 is 0 Å². The smallest absolute Gasteiger partial charge is 0.155 e. The van der Waals surface area contributed by atoms with E-state index in [4.69, 9.17) is 0 Å². The zero-order valence-electron chi connectivity index (χ0n) is 15.2. The fraction of sp³-hybridized carbons (Fsp3) is 0.450. The largest absolute Gasteiger partial charge is 0.356 e. The van der Waals surface area contributed by atoms with Gasteiger partial charge in [-0.05, 0) is 55.4 Å². The summed E-state index contributed by atoms with van der Waals surface area (Å²) in [6, 6.07) is 6.99. The highest BCUT2D eigenvalue weighted by Crippen LogP contribution is 2.30. The average molecular weight is 353 g/mol. The first kappa shape index (κ1) is 16.9. The van der Waals surface area contributed by atoms with Crippen molar-refractivity contribution < 1.29 is 4.39 Å². The lowest BCUT2D eigenvalue weighted by Crippen LogP contribution is -2.36. The van der Waals surface area contributed by atoms with Gasteiger partial charge in [-0.3, -0.25) is 5.10 Å². The third-order valence-electron chi connectivity index (χ3n) is 5.04. The zero-order valence-corrected chi connectivity index (χ0v) is 15.2. The van der Waals surface area contributed by atoms with Crippen LogP contribution in [0, 0.1) is 17.7 Å². The molecule has 0 aromatic carbocycles. The zero-order chi connectivity index (χ0) is 18.1. The minimum absolute atomic E-state index is 0.285. The molecule has 26 heavy (non-hydrogen) atoms. The fourth-order valence-corrected chi connectivity index (χ4v) is 3.94. The molecule has 0 radical (unpaired) electrons. The lowest BCUT2D eigenvalue weighted by molar-refractivity contribution is 0.346. The maximum absolute atomic E-state index is 14.5. The molecule has 0 saturated carbocycles. The van der Waals surface area contributed by atoms with Crippen LogP contribution >= 0.6 is 0 Å². The van der Waals surface area contributed by atoms with Crippen LogP contribution in [-0.4, -0.2) is 33.3 Å². The first-order valence-electron chi connectivity index (χ1n) is 9.32. The van der Waals surface area contributed by atoms with E-state index in [2.05, 4.69) is 38.9 Å². The van der Waals surface area contributed by atoms with E-state index < -0.39 is 0 Å². The molecule has 136 valence electrons. The second-order valence-electron chi connectivity index (χ2n) is 7.56. The van der Waals surface area contributed by atoms with Crippen molar-refractivity contribution in [3.63, 3.8) is 0 Å². The van der Waals surface area contributed by atoms with Gasteiger partial charge in [0.1, 0.15) is 17.2 Å². The molecule has 1 aliphatic rings. The Morgan fingerprint density at radius 3 is 3.00 bits per heavy atom. The van der Waals surface area contributed by atoms with Crippen LogP contribution < -0.4 is 4.90 Å². The highest BCUT2D eigenvalue weighted by molar-refractivity contribution is 5.89. The molecule has 0 amide bonds. The number of aromatic nitrogens is 4. The van der Waals surface area contributed by atoms with Gasteiger partial charge in [-0.1, -0.05) is 13.8 Å². The molecule has 0 bridgehead atoms. The van der Waals surface area contributed by atoms with E-state index in [0.717, 1.165) is 30.7 Å². The first-order valence-corrected chi connectivity index (χ1v) is 9.32. The van der Waals surface area contributed by atoms with Gasteiger partial charge in [0.25, 0.3) is 0 Å². The van der Waals surface area contributed by atoms with E-state index in [1.54, 1.807) is 12.3 Å². The lowest BCUT2D eigenvalue weighted by atomic mass is 9.90. The summed E-state index contributed by atoms with van der Waals surface area (Å²) in [6.45, 7) is 6.49. The molecule has 4 rings (SSSR count). The molecule has 1 N–H and O–H groups in total. The fourth-order valence-electron chi connectivity index (χ4n) is 3.94. The maximum atomic E-state index is 14.5. The van der Waals surface area contributed by atoms with Crippen LogP contribution in [0.25, 0.3) is 22.4 Å². The van der Waals surface area contributed by atoms with E-state index in [0.29, 0.717) is 23.2 Å². The van der Waals surface area contributed by atoms with Crippen LogP contribution in [0.2, 0.25) is 0 Å². The monoisotopic (exact) mass is 353 g/mol. The Labute approximate surface area is 152 Å². The van der Waals surface area contributed by atoms with E-state index in [1.807, 2.05) is 12.1 Å². The number of H-pyrrole nitrogens is 1. The predicted molar refractivity (Wildman–Crippen MR) is 101 cm³/mol. The van der Waals surface area contributed by atoms with Crippen molar-refractivity contribution in [1.29, 1.82) is 0 Å². The van der Waals surface area contributed by atoms with Crippen molar-refractivity contribution in [2.24, 2.45) is 11.8 Å². The third kappa shape index (κ3) is 3.28. The molecule has 5 nitrogen and oxygen atoms in total. The summed E-state index contributed by atoms with van der Waals surface area (Å²) in [7, 11) is 0. The van der Waals surface area contributed by atoms with Gasteiger partial charge >= 0.3 is 0 Å². The minimum atomic E-state index is -0.359. The Morgan fingerprint density at radius 1 is 1.27 bits per heavy atom. The van der Waals surface area contributed by atoms with Crippen LogP contribution in [-0.2, 0) is 0 Å². The van der Waals surface area contributed by atoms with Gasteiger partial charge in [0.2, 0.25) is 0 Å². The molecule has 1 atom stereocenters. The summed E-state index contributed by atoms with van der Waals surface area (Å²) in [5.41, 5.74) is 1.44. The molecule has 0 spiro atoms. The highest BCUT2D eigenvalue weighted by Gasteiger charge is 2.23. The van der Waals surface area contributed by atoms with Gasteiger partial charge in [-0.15, -0.1) is 0 Å². The number of nitrogens with zero attached hydrogens (tertiary/aromatic N) is 4. The quantitative estimate of drug-likeness (QED) is 0.754. The molecule has 3 aromatic rings. The van der Waals surface area contributed by atoms with Gasteiger partial charge in [-0.2, -0.15) is 5.10 Å². The van der Waals surface area contributed by atoms with Crippen molar-refractivity contribution in [3.05, 3.63) is 36.3 Å². The number of fused-ring (bicyclic) bond motifs is 1. The van der Waals surface area contributed by atoms with E-state index in [-0.39, 0.29) is 11.5 Å². The van der Waals surface area contributed by atoms with E-state index in [1.165, 1.54) is 18.9 Å². The van der Waals surface area contributed by atoms with Gasteiger partial charge in [-0.25, -0.2) is 14.4 Å². The summed E-state index contributed by atoms with van der Waals surface area (Å²) < 4.78 is 14.5. The third-order valence-corrected chi connectivity index (χ3v) is 5.04. The SMILES string of the molecule is CC(C)CC1CCCN(c2ccc(F)c(-c3n[nH]c4ncccc34)n2)C1. The summed E-state index contributed by atoms with van der Waals surface area (Å²) in [5.74, 6) is 1.84. The van der Waals surface area contributed by atoms with Crippen LogP contribution in [0.4, 0.5) is 10.2 Å². The molecule has 1 fully saturated rings. The minimum Gasteiger partial charge on any atom is -0.356 e. The van der Waals surface area contributed by atoms with Gasteiger partial charge in [0.15, 0.2) is 11.5 Å². The number of halogens is 1. The van der Waals surface area contributed by atoms with Crippen molar-refractivity contribution in [2.45, 2.75) is 33.1 Å². The number of hydrogen-bond acceptors (Lipinski definition) is 4. The molecule has 4 heterocycles. The second-order valence-corrected chi connectivity index (χ2v) is 7.56. The number of anilines is 1.